The Morgan fingerprint density at radius 2 is 2.19 bits per heavy atom. The molecule has 2 atom stereocenters. The predicted octanol–water partition coefficient (Wildman–Crippen LogP) is -0.421. The fourth-order valence-corrected chi connectivity index (χ4v) is 1.91. The van der Waals surface area contributed by atoms with Gasteiger partial charge >= 0.3 is 0 Å². The van der Waals surface area contributed by atoms with Crippen LogP contribution in [0.15, 0.2) is 0 Å². The van der Waals surface area contributed by atoms with Crippen LogP contribution in [0.5, 0.6) is 0 Å². The first-order valence-corrected chi connectivity index (χ1v) is 5.75. The largest absolute Gasteiger partial charge is 0.359 e. The normalized spacial score (nSPS) is 24.2. The van der Waals surface area contributed by atoms with Crippen molar-refractivity contribution in [3.8, 4) is 0 Å². The van der Waals surface area contributed by atoms with Crippen LogP contribution in [0.25, 0.3) is 0 Å². The fraction of sp³-hybridized carbons (Fsp3) is 0.818. The summed E-state index contributed by atoms with van der Waals surface area (Å²) in [5, 5.41) is 5.74. The summed E-state index contributed by atoms with van der Waals surface area (Å²) in [6, 6.07) is -0.0744. The number of likely N-dealkylation sites (N-methyl/N-ethyl adjacent to an activating group) is 1. The Morgan fingerprint density at radius 3 is 2.69 bits per heavy atom. The molecule has 1 aliphatic rings. The van der Waals surface area contributed by atoms with Crippen LogP contribution in [0.4, 0.5) is 0 Å². The third-order valence-corrected chi connectivity index (χ3v) is 3.13. The molecule has 0 radical (unpaired) electrons. The Kier molecular flexibility index (Phi) is 4.73. The van der Waals surface area contributed by atoms with Gasteiger partial charge < -0.3 is 15.5 Å². The van der Waals surface area contributed by atoms with E-state index in [-0.39, 0.29) is 17.9 Å². The van der Waals surface area contributed by atoms with Crippen molar-refractivity contribution < 1.29 is 9.59 Å². The van der Waals surface area contributed by atoms with Gasteiger partial charge in [-0.3, -0.25) is 9.59 Å². The van der Waals surface area contributed by atoms with Crippen LogP contribution >= 0.6 is 0 Å². The molecule has 1 aliphatic heterocycles. The zero-order chi connectivity index (χ0) is 12.1. The van der Waals surface area contributed by atoms with Crippen molar-refractivity contribution >= 4 is 11.8 Å². The average molecular weight is 227 g/mol. The lowest BCUT2D eigenvalue weighted by atomic mass is 10.0. The van der Waals surface area contributed by atoms with Crippen LogP contribution in [-0.2, 0) is 9.59 Å². The van der Waals surface area contributed by atoms with Gasteiger partial charge in [0.25, 0.3) is 0 Å². The Morgan fingerprint density at radius 1 is 1.50 bits per heavy atom. The summed E-state index contributed by atoms with van der Waals surface area (Å²) in [5.41, 5.74) is 0. The number of hydrogen-bond acceptors (Lipinski definition) is 3. The highest BCUT2D eigenvalue weighted by Gasteiger charge is 2.31. The second kappa shape index (κ2) is 5.84. The third kappa shape index (κ3) is 3.20. The molecule has 0 aromatic carbocycles. The molecule has 92 valence electrons. The van der Waals surface area contributed by atoms with Crippen LogP contribution in [0.3, 0.4) is 0 Å². The molecule has 1 saturated heterocycles. The van der Waals surface area contributed by atoms with Crippen molar-refractivity contribution in [1.29, 1.82) is 0 Å². The number of hydrogen-bond donors (Lipinski definition) is 2. The highest BCUT2D eigenvalue weighted by Crippen LogP contribution is 2.16. The first-order valence-electron chi connectivity index (χ1n) is 5.75. The lowest BCUT2D eigenvalue weighted by molar-refractivity contribution is -0.133. The zero-order valence-corrected chi connectivity index (χ0v) is 10.2. The van der Waals surface area contributed by atoms with E-state index in [0.29, 0.717) is 18.9 Å². The van der Waals surface area contributed by atoms with E-state index in [2.05, 4.69) is 17.6 Å². The fourth-order valence-electron chi connectivity index (χ4n) is 1.91. The summed E-state index contributed by atoms with van der Waals surface area (Å²) in [4.78, 5) is 24.7. The highest BCUT2D eigenvalue weighted by atomic mass is 16.2. The van der Waals surface area contributed by atoms with Gasteiger partial charge in [0.2, 0.25) is 11.8 Å². The van der Waals surface area contributed by atoms with Gasteiger partial charge in [0.05, 0.1) is 6.04 Å². The van der Waals surface area contributed by atoms with E-state index in [4.69, 9.17) is 0 Å². The highest BCUT2D eigenvalue weighted by molar-refractivity contribution is 5.83. The van der Waals surface area contributed by atoms with E-state index in [0.717, 1.165) is 13.0 Å². The minimum atomic E-state index is -0.0744. The molecule has 0 bridgehead atoms. The first kappa shape index (κ1) is 13.0. The predicted molar refractivity (Wildman–Crippen MR) is 61.9 cm³/mol. The molecule has 0 aromatic heterocycles. The monoisotopic (exact) mass is 227 g/mol. The van der Waals surface area contributed by atoms with E-state index in [1.807, 2.05) is 0 Å². The summed E-state index contributed by atoms with van der Waals surface area (Å²) < 4.78 is 0. The van der Waals surface area contributed by atoms with Crippen LogP contribution in [0.2, 0.25) is 0 Å². The van der Waals surface area contributed by atoms with Gasteiger partial charge in [0.15, 0.2) is 0 Å². The lowest BCUT2D eigenvalue weighted by Crippen LogP contribution is -2.45. The number of carbonyl (C=O) groups excluding carboxylic acids is 2. The number of nitrogens with one attached hydrogen (secondary N) is 2. The molecule has 16 heavy (non-hydrogen) atoms. The topological polar surface area (TPSA) is 61.4 Å². The third-order valence-electron chi connectivity index (χ3n) is 3.13. The molecule has 1 rings (SSSR count). The molecule has 2 N–H and O–H groups in total. The van der Waals surface area contributed by atoms with E-state index < -0.39 is 0 Å². The van der Waals surface area contributed by atoms with Gasteiger partial charge in [-0.15, -0.1) is 0 Å². The maximum absolute atomic E-state index is 12.0. The molecule has 0 spiro atoms. The van der Waals surface area contributed by atoms with Gasteiger partial charge in [0.1, 0.15) is 0 Å². The van der Waals surface area contributed by atoms with E-state index in [1.54, 1.807) is 19.0 Å². The minimum Gasteiger partial charge on any atom is -0.359 e. The number of nitrogens with zero attached hydrogens (tertiary/aromatic N) is 1. The van der Waals surface area contributed by atoms with Crippen molar-refractivity contribution in [3.63, 3.8) is 0 Å². The van der Waals surface area contributed by atoms with Crippen LogP contribution in [-0.4, -0.2) is 49.9 Å². The standard InChI is InChI=1S/C11H21N3O2/c1-8-4-6-13-10(8)11(16)14(3)7-5-9(15)12-2/h8,10,13H,4-7H2,1-3H3,(H,12,15). The number of amides is 2. The quantitative estimate of drug-likeness (QED) is 0.685. The van der Waals surface area contributed by atoms with Crippen molar-refractivity contribution in [2.75, 3.05) is 27.2 Å². The van der Waals surface area contributed by atoms with Gasteiger partial charge in [-0.2, -0.15) is 0 Å². The average Bonchev–Trinajstić information content (AvgIpc) is 2.70. The van der Waals surface area contributed by atoms with Gasteiger partial charge in [-0.25, -0.2) is 0 Å². The van der Waals surface area contributed by atoms with Gasteiger partial charge in [-0.05, 0) is 18.9 Å². The summed E-state index contributed by atoms with van der Waals surface area (Å²) in [6.45, 7) is 3.46. The number of rotatable bonds is 4. The van der Waals surface area contributed by atoms with E-state index >= 15 is 0 Å². The van der Waals surface area contributed by atoms with E-state index in [9.17, 15) is 9.59 Å². The molecule has 0 aromatic rings. The van der Waals surface area contributed by atoms with Crippen molar-refractivity contribution in [3.05, 3.63) is 0 Å². The van der Waals surface area contributed by atoms with Gasteiger partial charge in [0, 0.05) is 27.1 Å². The molecule has 2 unspecified atom stereocenters. The zero-order valence-electron chi connectivity index (χ0n) is 10.2. The Labute approximate surface area is 96.6 Å². The summed E-state index contributed by atoms with van der Waals surface area (Å²) in [7, 11) is 3.35. The molecule has 0 saturated carbocycles. The Hall–Kier alpha value is -1.10. The molecule has 2 amide bonds. The molecule has 5 heteroatoms. The molecule has 1 fully saturated rings. The van der Waals surface area contributed by atoms with Crippen molar-refractivity contribution in [1.82, 2.24) is 15.5 Å². The molecular formula is C11H21N3O2. The van der Waals surface area contributed by atoms with Crippen LogP contribution in [0.1, 0.15) is 19.8 Å². The minimum absolute atomic E-state index is 0.0351. The molecule has 0 aliphatic carbocycles. The SMILES string of the molecule is CNC(=O)CCN(C)C(=O)C1NCCC1C. The number of carbonyl (C=O) groups is 2. The molecular weight excluding hydrogens is 206 g/mol. The van der Waals surface area contributed by atoms with Crippen molar-refractivity contribution in [2.24, 2.45) is 5.92 Å². The summed E-state index contributed by atoms with van der Waals surface area (Å²) in [5.74, 6) is 0.441. The van der Waals surface area contributed by atoms with E-state index in [1.165, 1.54) is 0 Å². The summed E-state index contributed by atoms with van der Waals surface area (Å²) >= 11 is 0. The van der Waals surface area contributed by atoms with Gasteiger partial charge in [-0.1, -0.05) is 6.92 Å². The maximum atomic E-state index is 12.0. The van der Waals surface area contributed by atoms with Crippen LogP contribution in [0, 0.1) is 5.92 Å². The maximum Gasteiger partial charge on any atom is 0.239 e. The second-order valence-corrected chi connectivity index (χ2v) is 4.38. The molecule has 5 nitrogen and oxygen atoms in total. The summed E-state index contributed by atoms with van der Waals surface area (Å²) in [6.07, 6.45) is 1.40. The molecule has 1 heterocycles. The Balaban J connectivity index is 2.38. The lowest BCUT2D eigenvalue weighted by Gasteiger charge is -2.23. The smallest absolute Gasteiger partial charge is 0.239 e. The second-order valence-electron chi connectivity index (χ2n) is 4.38. The van der Waals surface area contributed by atoms with Crippen molar-refractivity contribution in [2.45, 2.75) is 25.8 Å². The van der Waals surface area contributed by atoms with Crippen LogP contribution < -0.4 is 10.6 Å². The Bertz CT molecular complexity index is 268. The first-order chi connectivity index (χ1) is 7.56.